The molecule has 1 aliphatic heterocycles. The minimum absolute atomic E-state index is 0.0124. The van der Waals surface area contributed by atoms with Gasteiger partial charge in [0.05, 0.1) is 12.6 Å². The molecule has 0 radical (unpaired) electrons. The van der Waals surface area contributed by atoms with Crippen LogP contribution in [-0.2, 0) is 23.2 Å². The number of aromatic hydroxyl groups is 1. The zero-order chi connectivity index (χ0) is 24.9. The van der Waals surface area contributed by atoms with Crippen LogP contribution in [0.15, 0.2) is 49.5 Å². The Balaban J connectivity index is 1.89. The average Bonchev–Trinajstić information content (AvgIpc) is 3.03. The molecule has 0 spiro atoms. The fourth-order valence-electron chi connectivity index (χ4n) is 5.34. The number of Topliss-reactive ketones (excluding diaryl/α,β-unsaturated/α-hetero) is 2. The Bertz CT molecular complexity index is 1500. The number of allylic oxidation sites excluding steroid dienone is 4. The standard InChI is InChI=1S/C22H17Cl4N3O5/c1-9-4-3-5-11(16(9)30)13-10-6-7-28-19(33)27(2)20(34)29(28)12(10)8-21(25)17(31)14(23)15(24)18(32)22(13,21)26/h3-6,12-13,30H,7-8H2,1-2H3. The molecule has 2 aromatic rings. The fraction of sp³-hybridized carbons (Fsp3) is 0.364. The normalized spacial score (nSPS) is 30.6. The number of carbonyl (C=O) groups is 2. The van der Waals surface area contributed by atoms with Crippen molar-refractivity contribution in [1.82, 2.24) is 13.9 Å². The molecule has 1 aromatic carbocycles. The monoisotopic (exact) mass is 543 g/mol. The molecule has 8 nitrogen and oxygen atoms in total. The fourth-order valence-corrected chi connectivity index (χ4v) is 6.85. The van der Waals surface area contributed by atoms with Gasteiger partial charge in [0, 0.05) is 24.9 Å². The maximum atomic E-state index is 13.6. The second-order valence-corrected chi connectivity index (χ2v) is 10.7. The summed E-state index contributed by atoms with van der Waals surface area (Å²) in [6.45, 7) is 1.68. The van der Waals surface area contributed by atoms with Crippen LogP contribution < -0.4 is 11.4 Å². The lowest BCUT2D eigenvalue weighted by Gasteiger charge is -2.54. The van der Waals surface area contributed by atoms with Crippen molar-refractivity contribution in [2.24, 2.45) is 7.05 Å². The number of benzene rings is 1. The molecule has 2 aliphatic carbocycles. The molecule has 34 heavy (non-hydrogen) atoms. The van der Waals surface area contributed by atoms with E-state index in [1.807, 2.05) is 0 Å². The van der Waals surface area contributed by atoms with Gasteiger partial charge in [-0.1, -0.05) is 47.5 Å². The predicted molar refractivity (Wildman–Crippen MR) is 127 cm³/mol. The van der Waals surface area contributed by atoms with Crippen molar-refractivity contribution in [3.05, 3.63) is 72.0 Å². The van der Waals surface area contributed by atoms with Crippen molar-refractivity contribution in [2.75, 3.05) is 0 Å². The third-order valence-electron chi connectivity index (χ3n) is 7.07. The number of para-hydroxylation sites is 1. The van der Waals surface area contributed by atoms with Crippen LogP contribution in [0.25, 0.3) is 0 Å². The van der Waals surface area contributed by atoms with Crippen LogP contribution in [0.2, 0.25) is 0 Å². The Labute approximate surface area is 212 Å². The first-order valence-electron chi connectivity index (χ1n) is 10.3. The Morgan fingerprint density at radius 2 is 1.68 bits per heavy atom. The Morgan fingerprint density at radius 3 is 2.35 bits per heavy atom. The van der Waals surface area contributed by atoms with E-state index in [0.717, 1.165) is 4.57 Å². The number of fused-ring (bicyclic) bond motifs is 4. The van der Waals surface area contributed by atoms with E-state index in [9.17, 15) is 24.3 Å². The van der Waals surface area contributed by atoms with E-state index < -0.39 is 54.7 Å². The van der Waals surface area contributed by atoms with Crippen LogP contribution in [0, 0.1) is 6.92 Å². The molecule has 4 atom stereocenters. The zero-order valence-electron chi connectivity index (χ0n) is 17.8. The number of carbonyl (C=O) groups excluding carboxylic acids is 2. The molecule has 1 aromatic heterocycles. The first-order valence-corrected chi connectivity index (χ1v) is 11.8. The molecule has 178 valence electrons. The Morgan fingerprint density at radius 1 is 1.03 bits per heavy atom. The SMILES string of the molecule is Cc1cccc(C2C3=CCn4c(=O)n(C)c(=O)n4C3CC3(Cl)C(=O)C(Cl)=C(Cl)C(=O)C23Cl)c1O. The van der Waals surface area contributed by atoms with Gasteiger partial charge in [-0.15, -0.1) is 23.2 Å². The highest BCUT2D eigenvalue weighted by atomic mass is 35.5. The third-order valence-corrected chi connectivity index (χ3v) is 9.33. The lowest BCUT2D eigenvalue weighted by Crippen LogP contribution is -2.67. The second-order valence-electron chi connectivity index (χ2n) is 8.72. The molecule has 1 fully saturated rings. The summed E-state index contributed by atoms with van der Waals surface area (Å²) in [5.41, 5.74) is 0.0282. The number of rotatable bonds is 1. The topological polar surface area (TPSA) is 103 Å². The number of alkyl halides is 2. The molecule has 0 saturated heterocycles. The number of phenolic OH excluding ortho intramolecular Hbond substituents is 1. The van der Waals surface area contributed by atoms with Crippen LogP contribution >= 0.6 is 46.4 Å². The quantitative estimate of drug-likeness (QED) is 0.439. The number of aryl methyl sites for hydroxylation is 1. The van der Waals surface area contributed by atoms with Gasteiger partial charge < -0.3 is 5.11 Å². The van der Waals surface area contributed by atoms with Gasteiger partial charge in [0.2, 0.25) is 0 Å². The maximum absolute atomic E-state index is 13.6. The van der Waals surface area contributed by atoms with Crippen molar-refractivity contribution >= 4 is 58.0 Å². The van der Waals surface area contributed by atoms with Gasteiger partial charge in [-0.3, -0.25) is 9.59 Å². The van der Waals surface area contributed by atoms with Crippen LogP contribution in [0.3, 0.4) is 0 Å². The van der Waals surface area contributed by atoms with E-state index in [1.165, 1.54) is 16.4 Å². The Kier molecular flexibility index (Phi) is 5.09. The first-order chi connectivity index (χ1) is 15.9. The smallest absolute Gasteiger partial charge is 0.347 e. The number of hydrogen-bond acceptors (Lipinski definition) is 5. The van der Waals surface area contributed by atoms with Gasteiger partial charge in [0.15, 0.2) is 11.6 Å². The zero-order valence-corrected chi connectivity index (χ0v) is 20.8. The van der Waals surface area contributed by atoms with Crippen LogP contribution in [0.4, 0.5) is 0 Å². The van der Waals surface area contributed by atoms with E-state index in [1.54, 1.807) is 31.2 Å². The van der Waals surface area contributed by atoms with E-state index >= 15 is 0 Å². The molecule has 5 rings (SSSR count). The summed E-state index contributed by atoms with van der Waals surface area (Å²) >= 11 is 26.3. The number of ketones is 2. The number of halogens is 4. The van der Waals surface area contributed by atoms with Crippen molar-refractivity contribution in [2.45, 2.75) is 41.6 Å². The molecular formula is C22H17Cl4N3O5. The lowest BCUT2D eigenvalue weighted by atomic mass is 9.59. The molecule has 1 N–H and O–H groups in total. The van der Waals surface area contributed by atoms with Gasteiger partial charge in [0.25, 0.3) is 0 Å². The van der Waals surface area contributed by atoms with E-state index in [0.29, 0.717) is 11.1 Å². The van der Waals surface area contributed by atoms with Gasteiger partial charge in [-0.05, 0) is 18.1 Å². The number of nitrogens with zero attached hydrogens (tertiary/aromatic N) is 3. The average molecular weight is 545 g/mol. The molecule has 12 heteroatoms. The van der Waals surface area contributed by atoms with Gasteiger partial charge in [0.1, 0.15) is 25.6 Å². The van der Waals surface area contributed by atoms with Crippen molar-refractivity contribution in [3.8, 4) is 5.75 Å². The minimum Gasteiger partial charge on any atom is -0.507 e. The minimum atomic E-state index is -2.16. The summed E-state index contributed by atoms with van der Waals surface area (Å²) in [7, 11) is 1.34. The largest absolute Gasteiger partial charge is 0.507 e. The molecule has 2 heterocycles. The summed E-state index contributed by atoms with van der Waals surface area (Å²) in [6.07, 6.45) is 1.37. The summed E-state index contributed by atoms with van der Waals surface area (Å²) in [5.74, 6) is -3.02. The van der Waals surface area contributed by atoms with Gasteiger partial charge in [-0.25, -0.2) is 23.5 Å². The second kappa shape index (κ2) is 7.37. The number of hydrogen-bond donors (Lipinski definition) is 1. The molecule has 3 aliphatic rings. The van der Waals surface area contributed by atoms with Crippen LogP contribution in [-0.4, -0.2) is 40.4 Å². The highest BCUT2D eigenvalue weighted by Crippen LogP contribution is 2.64. The van der Waals surface area contributed by atoms with E-state index in [2.05, 4.69) is 0 Å². The van der Waals surface area contributed by atoms with Crippen molar-refractivity contribution in [1.29, 1.82) is 0 Å². The van der Waals surface area contributed by atoms with Gasteiger partial charge >= 0.3 is 11.4 Å². The van der Waals surface area contributed by atoms with Crippen LogP contribution in [0.1, 0.15) is 29.5 Å². The molecular weight excluding hydrogens is 528 g/mol. The summed E-state index contributed by atoms with van der Waals surface area (Å²) in [5, 5.41) is 9.88. The summed E-state index contributed by atoms with van der Waals surface area (Å²) in [4.78, 5) is 48.3. The lowest BCUT2D eigenvalue weighted by molar-refractivity contribution is -0.128. The number of phenols is 1. The van der Waals surface area contributed by atoms with E-state index in [4.69, 9.17) is 46.4 Å². The summed E-state index contributed by atoms with van der Waals surface area (Å²) < 4.78 is 3.38. The maximum Gasteiger partial charge on any atom is 0.347 e. The molecule has 0 bridgehead atoms. The molecule has 0 amide bonds. The van der Waals surface area contributed by atoms with Crippen molar-refractivity contribution in [3.63, 3.8) is 0 Å². The van der Waals surface area contributed by atoms with Gasteiger partial charge in [-0.2, -0.15) is 0 Å². The van der Waals surface area contributed by atoms with E-state index in [-0.39, 0.29) is 24.3 Å². The summed E-state index contributed by atoms with van der Waals surface area (Å²) in [6, 6.07) is 3.99. The molecule has 1 saturated carbocycles. The highest BCUT2D eigenvalue weighted by molar-refractivity contribution is 6.66. The molecule has 4 unspecified atom stereocenters. The Hall–Kier alpha value is -2.26. The first kappa shape index (κ1) is 23.5. The van der Waals surface area contributed by atoms with Crippen LogP contribution in [0.5, 0.6) is 5.75 Å². The third kappa shape index (κ3) is 2.62. The predicted octanol–water partition coefficient (Wildman–Crippen LogP) is 2.83. The highest BCUT2D eigenvalue weighted by Gasteiger charge is 2.71. The van der Waals surface area contributed by atoms with Crippen molar-refractivity contribution < 1.29 is 14.7 Å². The number of aromatic nitrogens is 3.